The van der Waals surface area contributed by atoms with E-state index in [4.69, 9.17) is 0 Å². The number of alkyl carbamates (subject to hydrolysis) is 1. The molecule has 1 rings (SSSR count). The highest BCUT2D eigenvalue weighted by atomic mass is 16.5. The van der Waals surface area contributed by atoms with Gasteiger partial charge in [-0.05, 0) is 16.5 Å². The molecule has 1 amide bonds. The molecule has 0 radical (unpaired) electrons. The van der Waals surface area contributed by atoms with Gasteiger partial charge in [0, 0.05) is 6.54 Å². The molecule has 88 valence electrons. The second kappa shape index (κ2) is 5.01. The molecule has 0 spiro atoms. The zero-order valence-electron chi connectivity index (χ0n) is 10.3. The first kappa shape index (κ1) is 12.6. The molecule has 0 atom stereocenters. The van der Waals surface area contributed by atoms with Crippen molar-refractivity contribution in [3.05, 3.63) is 35.4 Å². The average molecular weight is 221 g/mol. The molecule has 0 unspecified atom stereocenters. The van der Waals surface area contributed by atoms with E-state index < -0.39 is 6.09 Å². The molecule has 0 aliphatic carbocycles. The number of hydrogen-bond donors (Lipinski definition) is 1. The predicted molar refractivity (Wildman–Crippen MR) is 64.4 cm³/mol. The summed E-state index contributed by atoms with van der Waals surface area (Å²) in [7, 11) is 1.36. The Morgan fingerprint density at radius 2 is 2.06 bits per heavy atom. The molecule has 1 aromatic rings. The highest BCUT2D eigenvalue weighted by Gasteiger charge is 2.13. The molecule has 0 heterocycles. The molecule has 0 saturated heterocycles. The third-order valence-corrected chi connectivity index (χ3v) is 2.42. The lowest BCUT2D eigenvalue weighted by atomic mass is 9.86. The smallest absolute Gasteiger partial charge is 0.407 e. The van der Waals surface area contributed by atoms with E-state index >= 15 is 0 Å². The number of benzene rings is 1. The molecule has 16 heavy (non-hydrogen) atoms. The van der Waals surface area contributed by atoms with Crippen molar-refractivity contribution in [3.63, 3.8) is 0 Å². The van der Waals surface area contributed by atoms with Crippen molar-refractivity contribution < 1.29 is 9.53 Å². The van der Waals surface area contributed by atoms with E-state index in [0.29, 0.717) is 6.54 Å². The van der Waals surface area contributed by atoms with E-state index in [2.05, 4.69) is 43.0 Å². The maximum Gasteiger partial charge on any atom is 0.407 e. The van der Waals surface area contributed by atoms with Crippen LogP contribution in [0, 0.1) is 0 Å². The monoisotopic (exact) mass is 221 g/mol. The normalized spacial score (nSPS) is 11.0. The van der Waals surface area contributed by atoms with E-state index in [0.717, 1.165) is 5.56 Å². The van der Waals surface area contributed by atoms with Crippen molar-refractivity contribution in [2.75, 3.05) is 7.11 Å². The van der Waals surface area contributed by atoms with Gasteiger partial charge in [0.15, 0.2) is 0 Å². The molecule has 0 aliphatic rings. The lowest BCUT2D eigenvalue weighted by molar-refractivity contribution is 0.170. The minimum absolute atomic E-state index is 0.126. The fourth-order valence-electron chi connectivity index (χ4n) is 1.39. The van der Waals surface area contributed by atoms with Gasteiger partial charge in [-0.2, -0.15) is 0 Å². The molecule has 0 aromatic heterocycles. The number of methoxy groups -OCH3 is 1. The molecule has 0 bridgehead atoms. The highest BCUT2D eigenvalue weighted by Crippen LogP contribution is 2.22. The van der Waals surface area contributed by atoms with E-state index in [1.54, 1.807) is 0 Å². The molecule has 3 heteroatoms. The maximum atomic E-state index is 10.9. The van der Waals surface area contributed by atoms with Gasteiger partial charge in [0.05, 0.1) is 7.11 Å². The summed E-state index contributed by atoms with van der Waals surface area (Å²) in [5, 5.41) is 2.67. The van der Waals surface area contributed by atoms with E-state index in [1.165, 1.54) is 12.7 Å². The van der Waals surface area contributed by atoms with Crippen LogP contribution in [-0.4, -0.2) is 13.2 Å². The van der Waals surface area contributed by atoms with Gasteiger partial charge in [0.25, 0.3) is 0 Å². The van der Waals surface area contributed by atoms with Crippen LogP contribution in [0.1, 0.15) is 31.9 Å². The lowest BCUT2D eigenvalue weighted by Gasteiger charge is -2.19. The number of rotatable bonds is 2. The van der Waals surface area contributed by atoms with E-state index in [1.807, 2.05) is 12.1 Å². The molecule has 0 saturated carbocycles. The summed E-state index contributed by atoms with van der Waals surface area (Å²) in [5.41, 5.74) is 2.47. The van der Waals surface area contributed by atoms with Crippen molar-refractivity contribution in [1.82, 2.24) is 5.32 Å². The van der Waals surface area contributed by atoms with Crippen LogP contribution >= 0.6 is 0 Å². The fourth-order valence-corrected chi connectivity index (χ4v) is 1.39. The number of hydrogen-bond acceptors (Lipinski definition) is 2. The minimum atomic E-state index is -0.402. The van der Waals surface area contributed by atoms with E-state index in [9.17, 15) is 4.79 Å². The zero-order chi connectivity index (χ0) is 12.2. The van der Waals surface area contributed by atoms with Gasteiger partial charge >= 0.3 is 6.09 Å². The van der Waals surface area contributed by atoms with Crippen molar-refractivity contribution in [1.29, 1.82) is 0 Å². The Kier molecular flexibility index (Phi) is 3.93. The van der Waals surface area contributed by atoms with Crippen molar-refractivity contribution >= 4 is 6.09 Å². The Labute approximate surface area is 96.8 Å². The number of nitrogens with one attached hydrogen (secondary N) is 1. The quantitative estimate of drug-likeness (QED) is 0.834. The summed E-state index contributed by atoms with van der Waals surface area (Å²) in [6.45, 7) is 7.00. The highest BCUT2D eigenvalue weighted by molar-refractivity contribution is 5.66. The first-order chi connectivity index (χ1) is 7.43. The van der Waals surface area contributed by atoms with Crippen LogP contribution in [0.5, 0.6) is 0 Å². The first-order valence-corrected chi connectivity index (χ1v) is 5.34. The van der Waals surface area contributed by atoms with Crippen LogP contribution in [0.4, 0.5) is 4.79 Å². The second-order valence-electron chi connectivity index (χ2n) is 4.80. The van der Waals surface area contributed by atoms with Gasteiger partial charge < -0.3 is 10.1 Å². The van der Waals surface area contributed by atoms with Crippen molar-refractivity contribution in [3.8, 4) is 0 Å². The Balaban J connectivity index is 2.72. The molecule has 1 N–H and O–H groups in total. The SMILES string of the molecule is COC(=O)NCc1cccc(C(C)(C)C)c1. The molecule has 0 fully saturated rings. The molecule has 3 nitrogen and oxygen atoms in total. The largest absolute Gasteiger partial charge is 0.453 e. The second-order valence-corrected chi connectivity index (χ2v) is 4.80. The number of carbonyl (C=O) groups excluding carboxylic acids is 1. The van der Waals surface area contributed by atoms with Crippen molar-refractivity contribution in [2.24, 2.45) is 0 Å². The topological polar surface area (TPSA) is 38.3 Å². The van der Waals surface area contributed by atoms with Gasteiger partial charge in [-0.15, -0.1) is 0 Å². The Hall–Kier alpha value is -1.51. The van der Waals surface area contributed by atoms with Crippen LogP contribution in [0.15, 0.2) is 24.3 Å². The van der Waals surface area contributed by atoms with Gasteiger partial charge in [0.1, 0.15) is 0 Å². The first-order valence-electron chi connectivity index (χ1n) is 5.34. The van der Waals surface area contributed by atoms with Crippen LogP contribution in [-0.2, 0) is 16.7 Å². The van der Waals surface area contributed by atoms with Gasteiger partial charge in [0.2, 0.25) is 0 Å². The number of carbonyl (C=O) groups is 1. The summed E-state index contributed by atoms with van der Waals surface area (Å²) in [6.07, 6.45) is -0.402. The summed E-state index contributed by atoms with van der Waals surface area (Å²) >= 11 is 0. The Bertz CT molecular complexity index is 366. The van der Waals surface area contributed by atoms with Crippen LogP contribution in [0.2, 0.25) is 0 Å². The molecular weight excluding hydrogens is 202 g/mol. The summed E-state index contributed by atoms with van der Waals surface area (Å²) in [4.78, 5) is 10.9. The summed E-state index contributed by atoms with van der Waals surface area (Å²) < 4.78 is 4.52. The number of amides is 1. The summed E-state index contributed by atoms with van der Waals surface area (Å²) in [6, 6.07) is 8.21. The maximum absolute atomic E-state index is 10.9. The van der Waals surface area contributed by atoms with E-state index in [-0.39, 0.29) is 5.41 Å². The summed E-state index contributed by atoms with van der Waals surface area (Å²) in [5.74, 6) is 0. The number of ether oxygens (including phenoxy) is 1. The molecule has 1 aromatic carbocycles. The molecule has 0 aliphatic heterocycles. The van der Waals surface area contributed by atoms with Crippen LogP contribution in [0.3, 0.4) is 0 Å². The minimum Gasteiger partial charge on any atom is -0.453 e. The standard InChI is InChI=1S/C13H19NO2/c1-13(2,3)11-7-5-6-10(8-11)9-14-12(15)16-4/h5-8H,9H2,1-4H3,(H,14,15). The zero-order valence-corrected chi connectivity index (χ0v) is 10.3. The average Bonchev–Trinajstić information content (AvgIpc) is 2.25. The third kappa shape index (κ3) is 3.57. The van der Waals surface area contributed by atoms with Crippen molar-refractivity contribution in [2.45, 2.75) is 32.7 Å². The van der Waals surface area contributed by atoms with Crippen LogP contribution in [0.25, 0.3) is 0 Å². The van der Waals surface area contributed by atoms with Gasteiger partial charge in [-0.25, -0.2) is 4.79 Å². The Morgan fingerprint density at radius 3 is 2.62 bits per heavy atom. The van der Waals surface area contributed by atoms with Gasteiger partial charge in [-0.1, -0.05) is 45.0 Å². The third-order valence-electron chi connectivity index (χ3n) is 2.42. The van der Waals surface area contributed by atoms with Crippen LogP contribution < -0.4 is 5.32 Å². The Morgan fingerprint density at radius 1 is 1.38 bits per heavy atom. The van der Waals surface area contributed by atoms with Gasteiger partial charge in [-0.3, -0.25) is 0 Å². The predicted octanol–water partition coefficient (Wildman–Crippen LogP) is 2.84. The lowest BCUT2D eigenvalue weighted by Crippen LogP contribution is -2.22. The molecular formula is C13H19NO2. The fraction of sp³-hybridized carbons (Fsp3) is 0.462.